The van der Waals surface area contributed by atoms with Crippen molar-refractivity contribution in [3.8, 4) is 0 Å². The van der Waals surface area contributed by atoms with Gasteiger partial charge in [-0.2, -0.15) is 0 Å². The zero-order valence-electron chi connectivity index (χ0n) is 7.19. The van der Waals surface area contributed by atoms with E-state index < -0.39 is 5.54 Å². The molecule has 4 heteroatoms. The predicted molar refractivity (Wildman–Crippen MR) is 50.1 cm³/mol. The first-order valence-corrected chi connectivity index (χ1v) is 4.56. The van der Waals surface area contributed by atoms with Crippen molar-refractivity contribution in [1.29, 1.82) is 0 Å². The molecule has 1 aliphatic heterocycles. The lowest BCUT2D eigenvalue weighted by Crippen LogP contribution is -2.51. The molecule has 0 spiro atoms. The Labute approximate surface area is 80.3 Å². The van der Waals surface area contributed by atoms with E-state index in [1.165, 1.54) is 7.11 Å². The van der Waals surface area contributed by atoms with Crippen LogP contribution in [0.3, 0.4) is 0 Å². The van der Waals surface area contributed by atoms with Crippen molar-refractivity contribution in [1.82, 2.24) is 5.32 Å². The van der Waals surface area contributed by atoms with Crippen LogP contribution >= 0.6 is 15.9 Å². The molecule has 1 atom stereocenters. The molecular weight excluding hydrogens is 222 g/mol. The number of ether oxygens (including phenoxy) is 1. The van der Waals surface area contributed by atoms with E-state index in [0.717, 1.165) is 4.48 Å². The Hall–Kier alpha value is -0.350. The lowest BCUT2D eigenvalue weighted by Gasteiger charge is -2.30. The van der Waals surface area contributed by atoms with Crippen LogP contribution in [0.15, 0.2) is 10.6 Å². The molecule has 0 aromatic heterocycles. The van der Waals surface area contributed by atoms with Crippen LogP contribution in [-0.2, 0) is 9.53 Å². The smallest absolute Gasteiger partial charge is 0.326 e. The molecule has 0 aromatic carbocycles. The van der Waals surface area contributed by atoms with E-state index in [2.05, 4.69) is 26.0 Å². The highest BCUT2D eigenvalue weighted by atomic mass is 79.9. The molecule has 0 fully saturated rings. The number of nitrogens with one attached hydrogen (secondary N) is 1. The third kappa shape index (κ3) is 1.87. The zero-order valence-corrected chi connectivity index (χ0v) is 8.77. The van der Waals surface area contributed by atoms with Gasteiger partial charge in [-0.05, 0) is 13.3 Å². The van der Waals surface area contributed by atoms with E-state index in [4.69, 9.17) is 0 Å². The number of hydrogen-bond acceptors (Lipinski definition) is 3. The summed E-state index contributed by atoms with van der Waals surface area (Å²) in [7, 11) is 1.41. The molecule has 0 bridgehead atoms. The topological polar surface area (TPSA) is 38.3 Å². The first-order chi connectivity index (χ1) is 5.58. The summed E-state index contributed by atoms with van der Waals surface area (Å²) in [6.45, 7) is 2.53. The van der Waals surface area contributed by atoms with Crippen LogP contribution in [-0.4, -0.2) is 25.2 Å². The van der Waals surface area contributed by atoms with Crippen molar-refractivity contribution >= 4 is 21.9 Å². The summed E-state index contributed by atoms with van der Waals surface area (Å²) in [4.78, 5) is 11.3. The highest BCUT2D eigenvalue weighted by Crippen LogP contribution is 2.21. The Morgan fingerprint density at radius 2 is 2.50 bits per heavy atom. The number of methoxy groups -OCH3 is 1. The van der Waals surface area contributed by atoms with Gasteiger partial charge in [-0.1, -0.05) is 22.0 Å². The summed E-state index contributed by atoms with van der Waals surface area (Å²) in [6.07, 6.45) is 2.66. The molecule has 1 rings (SSSR count). The molecule has 0 radical (unpaired) electrons. The second-order valence-electron chi connectivity index (χ2n) is 3.03. The van der Waals surface area contributed by atoms with Crippen molar-refractivity contribution < 1.29 is 9.53 Å². The maximum Gasteiger partial charge on any atom is 0.326 e. The molecule has 1 unspecified atom stereocenters. The van der Waals surface area contributed by atoms with E-state index in [0.29, 0.717) is 13.0 Å². The lowest BCUT2D eigenvalue weighted by atomic mass is 9.95. The first-order valence-electron chi connectivity index (χ1n) is 3.76. The maximum absolute atomic E-state index is 11.3. The van der Waals surface area contributed by atoms with Crippen LogP contribution < -0.4 is 5.32 Å². The molecular formula is C8H12BrNO2. The van der Waals surface area contributed by atoms with E-state index in [1.807, 2.05) is 13.0 Å². The van der Waals surface area contributed by atoms with E-state index in [9.17, 15) is 4.79 Å². The van der Waals surface area contributed by atoms with Crippen LogP contribution in [0.2, 0.25) is 0 Å². The van der Waals surface area contributed by atoms with Gasteiger partial charge in [-0.3, -0.25) is 10.1 Å². The largest absolute Gasteiger partial charge is 0.468 e. The summed E-state index contributed by atoms with van der Waals surface area (Å²) in [5.74, 6) is -0.209. The first kappa shape index (κ1) is 9.74. The van der Waals surface area contributed by atoms with Gasteiger partial charge in [0.2, 0.25) is 0 Å². The van der Waals surface area contributed by atoms with Crippen molar-refractivity contribution in [3.63, 3.8) is 0 Å². The van der Waals surface area contributed by atoms with Crippen molar-refractivity contribution in [3.05, 3.63) is 10.6 Å². The van der Waals surface area contributed by atoms with Gasteiger partial charge >= 0.3 is 5.97 Å². The van der Waals surface area contributed by atoms with Gasteiger partial charge in [0.1, 0.15) is 5.54 Å². The molecule has 1 N–H and O–H groups in total. The van der Waals surface area contributed by atoms with Gasteiger partial charge in [-0.15, -0.1) is 0 Å². The third-order valence-corrected chi connectivity index (χ3v) is 2.62. The molecule has 12 heavy (non-hydrogen) atoms. The highest BCUT2D eigenvalue weighted by Gasteiger charge is 2.34. The molecule has 0 saturated heterocycles. The van der Waals surface area contributed by atoms with Gasteiger partial charge in [0.25, 0.3) is 0 Å². The van der Waals surface area contributed by atoms with E-state index in [1.54, 1.807) is 0 Å². The molecule has 1 aliphatic rings. The monoisotopic (exact) mass is 233 g/mol. The van der Waals surface area contributed by atoms with Gasteiger partial charge in [0.15, 0.2) is 0 Å². The van der Waals surface area contributed by atoms with E-state index in [-0.39, 0.29) is 5.97 Å². The fourth-order valence-corrected chi connectivity index (χ4v) is 1.42. The summed E-state index contributed by atoms with van der Waals surface area (Å²) in [6, 6.07) is 0. The molecule has 0 aliphatic carbocycles. The number of esters is 1. The average molecular weight is 234 g/mol. The number of rotatable bonds is 1. The van der Waals surface area contributed by atoms with Crippen LogP contribution in [0.1, 0.15) is 13.3 Å². The predicted octanol–water partition coefficient (Wildman–Crippen LogP) is 1.19. The zero-order chi connectivity index (χ0) is 9.19. The fourth-order valence-electron chi connectivity index (χ4n) is 1.12. The third-order valence-electron chi connectivity index (χ3n) is 2.02. The van der Waals surface area contributed by atoms with Crippen molar-refractivity contribution in [2.75, 3.05) is 13.7 Å². The van der Waals surface area contributed by atoms with Crippen LogP contribution in [0.5, 0.6) is 0 Å². The van der Waals surface area contributed by atoms with Crippen LogP contribution in [0, 0.1) is 0 Å². The maximum atomic E-state index is 11.3. The number of carbonyl (C=O) groups is 1. The Morgan fingerprint density at radius 3 is 2.92 bits per heavy atom. The summed E-state index contributed by atoms with van der Waals surface area (Å²) >= 11 is 3.36. The minimum Gasteiger partial charge on any atom is -0.468 e. The minimum atomic E-state index is -0.550. The number of carbonyl (C=O) groups excluding carboxylic acids is 1. The molecule has 0 amide bonds. The molecule has 1 heterocycles. The molecule has 68 valence electrons. The Kier molecular flexibility index (Phi) is 2.90. The second-order valence-corrected chi connectivity index (χ2v) is 4.05. The van der Waals surface area contributed by atoms with Gasteiger partial charge in [-0.25, -0.2) is 0 Å². The quantitative estimate of drug-likeness (QED) is 0.692. The Balaban J connectivity index is 2.69. The number of halogens is 1. The lowest BCUT2D eigenvalue weighted by molar-refractivity contribution is -0.147. The highest BCUT2D eigenvalue weighted by molar-refractivity contribution is 9.11. The summed E-state index contributed by atoms with van der Waals surface area (Å²) in [5.41, 5.74) is -0.550. The molecule has 0 saturated carbocycles. The summed E-state index contributed by atoms with van der Waals surface area (Å²) in [5, 5.41) is 3.11. The van der Waals surface area contributed by atoms with Gasteiger partial charge < -0.3 is 4.74 Å². The second kappa shape index (κ2) is 3.58. The van der Waals surface area contributed by atoms with Crippen LogP contribution in [0.25, 0.3) is 0 Å². The molecule has 3 nitrogen and oxygen atoms in total. The SMILES string of the molecule is COC(=O)C1(C)CC=C(Br)CN1. The minimum absolute atomic E-state index is 0.209. The standard InChI is InChI=1S/C8H12BrNO2/c1-8(7(11)12-2)4-3-6(9)5-10-8/h3,10H,4-5H2,1-2H3. The Bertz CT molecular complexity index is 227. The molecule has 0 aromatic rings. The van der Waals surface area contributed by atoms with Crippen molar-refractivity contribution in [2.45, 2.75) is 18.9 Å². The van der Waals surface area contributed by atoms with Gasteiger partial charge in [0, 0.05) is 11.0 Å². The van der Waals surface area contributed by atoms with Crippen molar-refractivity contribution in [2.24, 2.45) is 0 Å². The fraction of sp³-hybridized carbons (Fsp3) is 0.625. The normalized spacial score (nSPS) is 29.4. The Morgan fingerprint density at radius 1 is 1.83 bits per heavy atom. The number of hydrogen-bond donors (Lipinski definition) is 1. The van der Waals surface area contributed by atoms with Gasteiger partial charge in [0.05, 0.1) is 7.11 Å². The van der Waals surface area contributed by atoms with E-state index >= 15 is 0 Å². The average Bonchev–Trinajstić information content (AvgIpc) is 2.09. The summed E-state index contributed by atoms with van der Waals surface area (Å²) < 4.78 is 5.77. The van der Waals surface area contributed by atoms with Crippen LogP contribution in [0.4, 0.5) is 0 Å².